The number of primary amides is 1. The fourth-order valence-corrected chi connectivity index (χ4v) is 1.78. The van der Waals surface area contributed by atoms with Crippen molar-refractivity contribution in [3.63, 3.8) is 0 Å². The van der Waals surface area contributed by atoms with Crippen molar-refractivity contribution >= 4 is 5.91 Å². The molecule has 0 saturated carbocycles. The van der Waals surface area contributed by atoms with Gasteiger partial charge in [-0.25, -0.2) is 0 Å². The van der Waals surface area contributed by atoms with Gasteiger partial charge >= 0.3 is 0 Å². The van der Waals surface area contributed by atoms with Gasteiger partial charge in [0.25, 0.3) is 0 Å². The average molecular weight is 258 g/mol. The van der Waals surface area contributed by atoms with Crippen LogP contribution in [0.4, 0.5) is 0 Å². The topological polar surface area (TPSA) is 61.6 Å². The molecule has 0 aliphatic rings. The van der Waals surface area contributed by atoms with Gasteiger partial charge in [-0.05, 0) is 66.6 Å². The third-order valence-corrected chi connectivity index (χ3v) is 2.93. The largest absolute Gasteiger partial charge is 0.368 e. The van der Waals surface area contributed by atoms with Crippen LogP contribution in [0.15, 0.2) is 0 Å². The summed E-state index contributed by atoms with van der Waals surface area (Å²) in [7, 11) is 6.25. The third-order valence-electron chi connectivity index (χ3n) is 2.93. The van der Waals surface area contributed by atoms with E-state index in [9.17, 15) is 4.79 Å². The first kappa shape index (κ1) is 17.4. The van der Waals surface area contributed by atoms with Crippen molar-refractivity contribution in [3.8, 4) is 0 Å². The molecule has 0 rings (SSSR count). The van der Waals surface area contributed by atoms with Gasteiger partial charge in [-0.2, -0.15) is 0 Å². The number of hydrogen-bond acceptors (Lipinski definition) is 4. The fraction of sp³-hybridized carbons (Fsp3) is 0.923. The van der Waals surface area contributed by atoms with Crippen molar-refractivity contribution in [2.24, 2.45) is 5.73 Å². The van der Waals surface area contributed by atoms with E-state index in [2.05, 4.69) is 43.2 Å². The minimum Gasteiger partial charge on any atom is -0.368 e. The molecular formula is C13H30N4O. The molecule has 1 unspecified atom stereocenters. The number of rotatable bonds is 11. The maximum Gasteiger partial charge on any atom is 0.234 e. The molecule has 0 spiro atoms. The van der Waals surface area contributed by atoms with Gasteiger partial charge in [0.05, 0.1) is 6.04 Å². The molecule has 0 bridgehead atoms. The van der Waals surface area contributed by atoms with Crippen LogP contribution in [0.5, 0.6) is 0 Å². The molecule has 0 aromatic carbocycles. The molecule has 0 saturated heterocycles. The number of hydrogen-bond donors (Lipinski definition) is 2. The van der Waals surface area contributed by atoms with E-state index in [0.717, 1.165) is 45.4 Å². The molecule has 108 valence electrons. The minimum atomic E-state index is -0.245. The molecule has 0 fully saturated rings. The third kappa shape index (κ3) is 9.39. The summed E-state index contributed by atoms with van der Waals surface area (Å²) >= 11 is 0. The molecule has 0 aromatic rings. The molecule has 3 N–H and O–H groups in total. The minimum absolute atomic E-state index is 0.193. The van der Waals surface area contributed by atoms with Gasteiger partial charge < -0.3 is 20.9 Å². The number of carbonyl (C=O) groups is 1. The molecule has 18 heavy (non-hydrogen) atoms. The summed E-state index contributed by atoms with van der Waals surface area (Å²) in [6.45, 7) is 5.98. The summed E-state index contributed by atoms with van der Waals surface area (Å²) < 4.78 is 0. The Kier molecular flexibility index (Phi) is 9.92. The van der Waals surface area contributed by atoms with E-state index in [1.165, 1.54) is 0 Å². The van der Waals surface area contributed by atoms with Gasteiger partial charge in [0, 0.05) is 0 Å². The number of carbonyl (C=O) groups excluding carboxylic acids is 1. The highest BCUT2D eigenvalue weighted by Gasteiger charge is 2.14. The molecule has 1 atom stereocenters. The zero-order valence-electron chi connectivity index (χ0n) is 12.4. The second kappa shape index (κ2) is 10.3. The van der Waals surface area contributed by atoms with Crippen molar-refractivity contribution in [2.75, 3.05) is 47.3 Å². The molecule has 0 heterocycles. The average Bonchev–Trinajstić information content (AvgIpc) is 2.28. The lowest BCUT2D eigenvalue weighted by Crippen LogP contribution is -2.43. The lowest BCUT2D eigenvalue weighted by Gasteiger charge is -2.21. The Labute approximate surface area is 112 Å². The summed E-state index contributed by atoms with van der Waals surface area (Å²) in [6.07, 6.45) is 2.95. The molecular weight excluding hydrogens is 228 g/mol. The highest BCUT2D eigenvalue weighted by Crippen LogP contribution is 1.97. The Morgan fingerprint density at radius 1 is 1.22 bits per heavy atom. The molecule has 0 aliphatic heterocycles. The Morgan fingerprint density at radius 2 is 1.89 bits per heavy atom. The van der Waals surface area contributed by atoms with Crippen LogP contribution in [-0.2, 0) is 4.79 Å². The quantitative estimate of drug-likeness (QED) is 0.552. The molecule has 0 aliphatic carbocycles. The number of amides is 1. The van der Waals surface area contributed by atoms with Crippen molar-refractivity contribution in [1.29, 1.82) is 0 Å². The first-order chi connectivity index (χ1) is 8.47. The monoisotopic (exact) mass is 258 g/mol. The number of nitrogens with zero attached hydrogens (tertiary/aromatic N) is 2. The molecule has 1 amide bonds. The molecule has 0 aromatic heterocycles. The highest BCUT2D eigenvalue weighted by molar-refractivity contribution is 5.79. The first-order valence-electron chi connectivity index (χ1n) is 6.83. The van der Waals surface area contributed by atoms with E-state index < -0.39 is 0 Å². The fourth-order valence-electron chi connectivity index (χ4n) is 1.78. The number of nitrogens with two attached hydrogens (primary N) is 1. The normalized spacial score (nSPS) is 13.2. The zero-order chi connectivity index (χ0) is 14.0. The van der Waals surface area contributed by atoms with E-state index >= 15 is 0 Å². The van der Waals surface area contributed by atoms with E-state index in [-0.39, 0.29) is 11.9 Å². The lowest BCUT2D eigenvalue weighted by atomic mass is 10.2. The van der Waals surface area contributed by atoms with E-state index in [1.807, 2.05) is 0 Å². The summed E-state index contributed by atoms with van der Waals surface area (Å²) in [5.41, 5.74) is 5.38. The Bertz CT molecular complexity index is 221. The predicted octanol–water partition coefficient (Wildman–Crippen LogP) is 0.114. The van der Waals surface area contributed by atoms with Crippen LogP contribution in [-0.4, -0.2) is 69.1 Å². The summed E-state index contributed by atoms with van der Waals surface area (Å²) in [4.78, 5) is 15.7. The summed E-state index contributed by atoms with van der Waals surface area (Å²) in [6, 6.07) is -0.193. The molecule has 5 heteroatoms. The second-order valence-electron chi connectivity index (χ2n) is 5.16. The smallest absolute Gasteiger partial charge is 0.234 e. The zero-order valence-corrected chi connectivity index (χ0v) is 12.4. The van der Waals surface area contributed by atoms with Gasteiger partial charge in [-0.1, -0.05) is 6.92 Å². The van der Waals surface area contributed by atoms with Crippen molar-refractivity contribution in [2.45, 2.75) is 32.2 Å². The van der Waals surface area contributed by atoms with E-state index in [1.54, 1.807) is 0 Å². The van der Waals surface area contributed by atoms with Crippen LogP contribution in [0.3, 0.4) is 0 Å². The Balaban J connectivity index is 3.77. The maximum absolute atomic E-state index is 11.3. The predicted molar refractivity (Wildman–Crippen MR) is 76.6 cm³/mol. The van der Waals surface area contributed by atoms with Gasteiger partial charge in [0.2, 0.25) is 5.91 Å². The van der Waals surface area contributed by atoms with Crippen LogP contribution in [0.25, 0.3) is 0 Å². The standard InChI is InChI=1S/C13H30N4O/c1-5-8-15-12(13(14)18)7-11-17(4)10-6-9-16(2)3/h12,15H,5-11H2,1-4H3,(H2,14,18). The van der Waals surface area contributed by atoms with Crippen LogP contribution in [0.2, 0.25) is 0 Å². The molecule has 0 radical (unpaired) electrons. The highest BCUT2D eigenvalue weighted by atomic mass is 16.1. The van der Waals surface area contributed by atoms with E-state index in [4.69, 9.17) is 5.73 Å². The van der Waals surface area contributed by atoms with Crippen molar-refractivity contribution < 1.29 is 4.79 Å². The van der Waals surface area contributed by atoms with Gasteiger partial charge in [-0.3, -0.25) is 4.79 Å². The first-order valence-corrected chi connectivity index (χ1v) is 6.83. The van der Waals surface area contributed by atoms with Crippen LogP contribution >= 0.6 is 0 Å². The van der Waals surface area contributed by atoms with Crippen LogP contribution in [0, 0.1) is 0 Å². The Hall–Kier alpha value is -0.650. The van der Waals surface area contributed by atoms with Crippen molar-refractivity contribution in [3.05, 3.63) is 0 Å². The maximum atomic E-state index is 11.3. The van der Waals surface area contributed by atoms with Crippen LogP contribution in [0.1, 0.15) is 26.2 Å². The van der Waals surface area contributed by atoms with Crippen LogP contribution < -0.4 is 11.1 Å². The Morgan fingerprint density at radius 3 is 2.39 bits per heavy atom. The second-order valence-corrected chi connectivity index (χ2v) is 5.16. The summed E-state index contributed by atoms with van der Waals surface area (Å²) in [5.74, 6) is -0.245. The summed E-state index contributed by atoms with van der Waals surface area (Å²) in [5, 5.41) is 3.19. The van der Waals surface area contributed by atoms with Gasteiger partial charge in [0.1, 0.15) is 0 Å². The molecule has 5 nitrogen and oxygen atoms in total. The lowest BCUT2D eigenvalue weighted by molar-refractivity contribution is -0.120. The SMILES string of the molecule is CCCNC(CCN(C)CCCN(C)C)C(N)=O. The van der Waals surface area contributed by atoms with Crippen molar-refractivity contribution in [1.82, 2.24) is 15.1 Å². The number of nitrogens with one attached hydrogen (secondary N) is 1. The van der Waals surface area contributed by atoms with Gasteiger partial charge in [-0.15, -0.1) is 0 Å². The van der Waals surface area contributed by atoms with Gasteiger partial charge in [0.15, 0.2) is 0 Å². The van der Waals surface area contributed by atoms with E-state index in [0.29, 0.717) is 0 Å².